The van der Waals surface area contributed by atoms with Gasteiger partial charge in [0.2, 0.25) is 0 Å². The van der Waals surface area contributed by atoms with E-state index in [-0.39, 0.29) is 30.7 Å². The quantitative estimate of drug-likeness (QED) is 0.718. The smallest absolute Gasteiger partial charge is 0.257 e. The summed E-state index contributed by atoms with van der Waals surface area (Å²) in [7, 11) is 1.53. The molecule has 0 atom stereocenters. The van der Waals surface area contributed by atoms with Crippen LogP contribution in [0.5, 0.6) is 5.75 Å². The molecule has 3 rings (SSSR count). The fraction of sp³-hybridized carbons (Fsp3) is 0.350. The van der Waals surface area contributed by atoms with Crippen molar-refractivity contribution in [3.8, 4) is 5.75 Å². The lowest BCUT2D eigenvalue weighted by molar-refractivity contribution is 0.0758. The highest BCUT2D eigenvalue weighted by Crippen LogP contribution is 2.30. The zero-order valence-corrected chi connectivity index (χ0v) is 18.2. The molecule has 0 spiro atoms. The molecule has 5 nitrogen and oxygen atoms in total. The number of halogens is 3. The standard InChI is InChI=1S/C20H24ClN3O2.2ClH/c1-26-19-13-18(22)17(21)12-16(19)20(25)24-9-5-8-23(10-11-24)14-15-6-3-2-4-7-15;;/h2-4,6-7,12-13H,5,8-11,14,22H2,1H3;2*1H. The van der Waals surface area contributed by atoms with E-state index in [9.17, 15) is 4.79 Å². The molecule has 1 aliphatic heterocycles. The maximum Gasteiger partial charge on any atom is 0.257 e. The van der Waals surface area contributed by atoms with Crippen LogP contribution in [0.2, 0.25) is 5.02 Å². The third kappa shape index (κ3) is 5.92. The predicted octanol–water partition coefficient (Wildman–Crippen LogP) is 4.12. The molecule has 0 unspecified atom stereocenters. The Balaban J connectivity index is 0.00000196. The normalized spacial score (nSPS) is 14.4. The van der Waals surface area contributed by atoms with Crippen LogP contribution >= 0.6 is 36.4 Å². The van der Waals surface area contributed by atoms with Crippen molar-refractivity contribution in [2.45, 2.75) is 13.0 Å². The molecule has 2 N–H and O–H groups in total. The zero-order valence-electron chi connectivity index (χ0n) is 15.8. The predicted molar refractivity (Wildman–Crippen MR) is 119 cm³/mol. The molecule has 154 valence electrons. The van der Waals surface area contributed by atoms with Crippen molar-refractivity contribution in [1.82, 2.24) is 9.80 Å². The van der Waals surface area contributed by atoms with Crippen molar-refractivity contribution in [3.63, 3.8) is 0 Å². The first-order valence-electron chi connectivity index (χ1n) is 8.77. The minimum atomic E-state index is -0.0645. The van der Waals surface area contributed by atoms with E-state index in [1.807, 2.05) is 11.0 Å². The van der Waals surface area contributed by atoms with Crippen LogP contribution in [-0.4, -0.2) is 49.0 Å². The number of carbonyl (C=O) groups excluding carboxylic acids is 1. The number of carbonyl (C=O) groups is 1. The summed E-state index contributed by atoms with van der Waals surface area (Å²) in [5, 5.41) is 0.370. The highest BCUT2D eigenvalue weighted by Gasteiger charge is 2.23. The number of benzene rings is 2. The van der Waals surface area contributed by atoms with Crippen LogP contribution in [0.3, 0.4) is 0 Å². The van der Waals surface area contributed by atoms with Gasteiger partial charge in [-0.05, 0) is 18.1 Å². The second-order valence-corrected chi connectivity index (χ2v) is 6.89. The number of nitrogen functional groups attached to an aromatic ring is 1. The number of nitrogens with two attached hydrogens (primary N) is 1. The molecule has 1 aliphatic rings. The molecule has 1 heterocycles. The molecular weight excluding hydrogens is 421 g/mol. The zero-order chi connectivity index (χ0) is 18.5. The largest absolute Gasteiger partial charge is 0.496 e. The fourth-order valence-corrected chi connectivity index (χ4v) is 3.41. The third-order valence-corrected chi connectivity index (χ3v) is 5.00. The number of amides is 1. The van der Waals surface area contributed by atoms with Crippen LogP contribution in [-0.2, 0) is 6.54 Å². The lowest BCUT2D eigenvalue weighted by Crippen LogP contribution is -2.35. The van der Waals surface area contributed by atoms with Gasteiger partial charge in [-0.3, -0.25) is 9.69 Å². The molecular formula is C20H26Cl3N3O2. The van der Waals surface area contributed by atoms with Gasteiger partial charge in [0.05, 0.1) is 23.4 Å². The maximum absolute atomic E-state index is 13.0. The second-order valence-electron chi connectivity index (χ2n) is 6.48. The van der Waals surface area contributed by atoms with Gasteiger partial charge in [-0.1, -0.05) is 41.9 Å². The lowest BCUT2D eigenvalue weighted by atomic mass is 10.1. The third-order valence-electron chi connectivity index (χ3n) is 4.67. The van der Waals surface area contributed by atoms with E-state index >= 15 is 0 Å². The number of hydrogen-bond acceptors (Lipinski definition) is 4. The van der Waals surface area contributed by atoms with E-state index in [0.717, 1.165) is 32.6 Å². The maximum atomic E-state index is 13.0. The van der Waals surface area contributed by atoms with Gasteiger partial charge in [0.1, 0.15) is 5.75 Å². The van der Waals surface area contributed by atoms with E-state index in [4.69, 9.17) is 22.1 Å². The summed E-state index contributed by atoms with van der Waals surface area (Å²) in [4.78, 5) is 17.2. The highest BCUT2D eigenvalue weighted by atomic mass is 35.5. The van der Waals surface area contributed by atoms with Gasteiger partial charge in [-0.15, -0.1) is 24.8 Å². The summed E-state index contributed by atoms with van der Waals surface area (Å²) in [5.74, 6) is 0.396. The second kappa shape index (κ2) is 11.4. The summed E-state index contributed by atoms with van der Waals surface area (Å²) in [6.07, 6.45) is 0.934. The Bertz CT molecular complexity index is 775. The number of methoxy groups -OCH3 is 1. The molecule has 1 amide bonds. The fourth-order valence-electron chi connectivity index (χ4n) is 3.25. The van der Waals surface area contributed by atoms with E-state index in [1.54, 1.807) is 12.1 Å². The molecule has 0 radical (unpaired) electrons. The van der Waals surface area contributed by atoms with Crippen LogP contribution < -0.4 is 10.5 Å². The van der Waals surface area contributed by atoms with Gasteiger partial charge in [-0.2, -0.15) is 0 Å². The van der Waals surface area contributed by atoms with Crippen LogP contribution in [0, 0.1) is 0 Å². The molecule has 0 aromatic heterocycles. The summed E-state index contributed by atoms with van der Waals surface area (Å²) in [5.41, 5.74) is 7.98. The van der Waals surface area contributed by atoms with Gasteiger partial charge in [-0.25, -0.2) is 0 Å². The van der Waals surface area contributed by atoms with E-state index in [0.29, 0.717) is 28.6 Å². The monoisotopic (exact) mass is 445 g/mol. The topological polar surface area (TPSA) is 58.8 Å². The molecule has 28 heavy (non-hydrogen) atoms. The Morgan fingerprint density at radius 1 is 1.11 bits per heavy atom. The van der Waals surface area contributed by atoms with Crippen molar-refractivity contribution >= 4 is 48.0 Å². The average Bonchev–Trinajstić information content (AvgIpc) is 2.89. The molecule has 8 heteroatoms. The lowest BCUT2D eigenvalue weighted by Gasteiger charge is -2.23. The van der Waals surface area contributed by atoms with Gasteiger partial charge in [0, 0.05) is 38.8 Å². The summed E-state index contributed by atoms with van der Waals surface area (Å²) < 4.78 is 5.33. The van der Waals surface area contributed by atoms with Crippen LogP contribution in [0.1, 0.15) is 22.3 Å². The highest BCUT2D eigenvalue weighted by molar-refractivity contribution is 6.33. The average molecular weight is 447 g/mol. The van der Waals surface area contributed by atoms with Crippen molar-refractivity contribution in [1.29, 1.82) is 0 Å². The molecule has 1 fully saturated rings. The van der Waals surface area contributed by atoms with Crippen molar-refractivity contribution in [2.75, 3.05) is 39.0 Å². The minimum Gasteiger partial charge on any atom is -0.496 e. The molecule has 1 saturated heterocycles. The van der Waals surface area contributed by atoms with Crippen molar-refractivity contribution in [3.05, 3.63) is 58.6 Å². The summed E-state index contributed by atoms with van der Waals surface area (Å²) in [6.45, 7) is 4.11. The molecule has 2 aromatic rings. The van der Waals surface area contributed by atoms with Gasteiger partial charge in [0.25, 0.3) is 5.91 Å². The number of rotatable bonds is 4. The number of nitrogens with zero attached hydrogens (tertiary/aromatic N) is 2. The first-order chi connectivity index (χ1) is 12.6. The Morgan fingerprint density at radius 3 is 2.50 bits per heavy atom. The molecule has 0 saturated carbocycles. The summed E-state index contributed by atoms with van der Waals surface area (Å²) >= 11 is 6.11. The van der Waals surface area contributed by atoms with E-state index in [2.05, 4.69) is 29.2 Å². The summed E-state index contributed by atoms with van der Waals surface area (Å²) in [6, 6.07) is 13.6. The minimum absolute atomic E-state index is 0. The Hall–Kier alpha value is -1.66. The molecule has 2 aromatic carbocycles. The van der Waals surface area contributed by atoms with Crippen LogP contribution in [0.15, 0.2) is 42.5 Å². The first kappa shape index (κ1) is 24.4. The van der Waals surface area contributed by atoms with Gasteiger partial charge in [0.15, 0.2) is 0 Å². The van der Waals surface area contributed by atoms with Gasteiger partial charge < -0.3 is 15.4 Å². The number of ether oxygens (including phenoxy) is 1. The van der Waals surface area contributed by atoms with E-state index in [1.165, 1.54) is 12.7 Å². The number of hydrogen-bond donors (Lipinski definition) is 1. The Morgan fingerprint density at radius 2 is 1.82 bits per heavy atom. The van der Waals surface area contributed by atoms with Crippen molar-refractivity contribution in [2.24, 2.45) is 0 Å². The molecule has 0 aliphatic carbocycles. The Kier molecular flexibility index (Phi) is 9.90. The molecule has 0 bridgehead atoms. The number of anilines is 1. The van der Waals surface area contributed by atoms with Crippen LogP contribution in [0.25, 0.3) is 0 Å². The first-order valence-corrected chi connectivity index (χ1v) is 9.15. The van der Waals surface area contributed by atoms with E-state index < -0.39 is 0 Å². The van der Waals surface area contributed by atoms with Crippen molar-refractivity contribution < 1.29 is 9.53 Å². The van der Waals surface area contributed by atoms with Crippen LogP contribution in [0.4, 0.5) is 5.69 Å². The Labute approximate surface area is 183 Å². The van der Waals surface area contributed by atoms with Gasteiger partial charge >= 0.3 is 0 Å². The SMILES string of the molecule is COc1cc(N)c(Cl)cc1C(=O)N1CCCN(Cc2ccccc2)CC1.Cl.Cl.